The van der Waals surface area contributed by atoms with Gasteiger partial charge in [-0.05, 0) is 38.1 Å². The number of nitrogens with two attached hydrogens (primary N) is 1. The number of nitrogens with one attached hydrogen (secondary N) is 1. The average Bonchev–Trinajstić information content (AvgIpc) is 3.16. The highest BCUT2D eigenvalue weighted by atomic mass is 32.2. The van der Waals surface area contributed by atoms with Crippen molar-refractivity contribution >= 4 is 15.7 Å². The lowest BCUT2D eigenvalue weighted by atomic mass is 10.3. The molecule has 5 nitrogen and oxygen atoms in total. The van der Waals surface area contributed by atoms with E-state index in [0.717, 1.165) is 12.1 Å². The van der Waals surface area contributed by atoms with Crippen LogP contribution in [0.1, 0.15) is 12.8 Å². The molecule has 0 bridgehead atoms. The fourth-order valence-corrected chi connectivity index (χ4v) is 2.88. The van der Waals surface area contributed by atoms with Gasteiger partial charge >= 0.3 is 0 Å². The van der Waals surface area contributed by atoms with Gasteiger partial charge in [0.15, 0.2) is 0 Å². The number of sulfonamides is 1. The quantitative estimate of drug-likeness (QED) is 0.758. The van der Waals surface area contributed by atoms with Gasteiger partial charge in [-0.15, -0.1) is 0 Å². The molecule has 0 aromatic heterocycles. The lowest BCUT2D eigenvalue weighted by Crippen LogP contribution is -2.34. The maximum absolute atomic E-state index is 13.0. The smallest absolute Gasteiger partial charge is 0.240 e. The molecule has 0 saturated heterocycles. The van der Waals surface area contributed by atoms with Gasteiger partial charge in [0.05, 0.1) is 10.6 Å². The van der Waals surface area contributed by atoms with Crippen molar-refractivity contribution in [3.05, 3.63) is 24.0 Å². The van der Waals surface area contributed by atoms with E-state index in [0.29, 0.717) is 19.1 Å². The molecule has 1 saturated carbocycles. The number of halogens is 1. The zero-order valence-corrected chi connectivity index (χ0v) is 11.6. The Hall–Kier alpha value is -1.18. The van der Waals surface area contributed by atoms with E-state index >= 15 is 0 Å². The van der Waals surface area contributed by atoms with Gasteiger partial charge in [-0.1, -0.05) is 0 Å². The number of likely N-dealkylation sites (N-methyl/N-ethyl adjacent to an activating group) is 1. The molecule has 1 aliphatic rings. The molecule has 2 rings (SSSR count). The maximum Gasteiger partial charge on any atom is 0.240 e. The molecular weight excluding hydrogens is 269 g/mol. The minimum Gasteiger partial charge on any atom is -0.396 e. The van der Waals surface area contributed by atoms with Gasteiger partial charge < -0.3 is 10.6 Å². The number of benzene rings is 1. The van der Waals surface area contributed by atoms with Crippen LogP contribution in [0.25, 0.3) is 0 Å². The molecule has 106 valence electrons. The summed E-state index contributed by atoms with van der Waals surface area (Å²) in [6.45, 7) is 0.979. The number of rotatable bonds is 6. The lowest BCUT2D eigenvalue weighted by molar-refractivity contribution is 0.329. The molecule has 0 amide bonds. The van der Waals surface area contributed by atoms with Gasteiger partial charge in [-0.25, -0.2) is 17.5 Å². The van der Waals surface area contributed by atoms with E-state index in [9.17, 15) is 12.8 Å². The van der Waals surface area contributed by atoms with Crippen LogP contribution in [0.15, 0.2) is 23.1 Å². The van der Waals surface area contributed by atoms with Crippen molar-refractivity contribution in [1.29, 1.82) is 0 Å². The van der Waals surface area contributed by atoms with E-state index in [2.05, 4.69) is 9.62 Å². The third kappa shape index (κ3) is 3.65. The molecule has 0 aliphatic heterocycles. The first-order valence-electron chi connectivity index (χ1n) is 6.15. The molecule has 0 atom stereocenters. The third-order valence-electron chi connectivity index (χ3n) is 3.20. The first-order valence-corrected chi connectivity index (χ1v) is 7.63. The molecule has 1 aromatic rings. The first-order chi connectivity index (χ1) is 8.90. The van der Waals surface area contributed by atoms with Crippen molar-refractivity contribution in [2.45, 2.75) is 23.8 Å². The number of nitrogens with zero attached hydrogens (tertiary/aromatic N) is 1. The number of anilines is 1. The van der Waals surface area contributed by atoms with Crippen molar-refractivity contribution in [3.63, 3.8) is 0 Å². The van der Waals surface area contributed by atoms with Gasteiger partial charge in [-0.2, -0.15) is 0 Å². The van der Waals surface area contributed by atoms with Crippen molar-refractivity contribution in [2.75, 3.05) is 25.9 Å². The van der Waals surface area contributed by atoms with Crippen LogP contribution in [0.2, 0.25) is 0 Å². The maximum atomic E-state index is 13.0. The van der Waals surface area contributed by atoms with Crippen LogP contribution in [-0.2, 0) is 10.0 Å². The summed E-state index contributed by atoms with van der Waals surface area (Å²) in [6.07, 6.45) is 2.36. The van der Waals surface area contributed by atoms with E-state index in [1.807, 2.05) is 7.05 Å². The SMILES string of the molecule is CN(CCNS(=O)(=O)c1ccc(F)c(N)c1)C1CC1. The molecule has 0 unspecified atom stereocenters. The Morgan fingerprint density at radius 3 is 2.74 bits per heavy atom. The molecule has 0 spiro atoms. The normalized spacial score (nSPS) is 15.9. The first kappa shape index (κ1) is 14.2. The zero-order chi connectivity index (χ0) is 14.0. The van der Waals surface area contributed by atoms with E-state index in [-0.39, 0.29) is 10.6 Å². The molecule has 1 aromatic carbocycles. The Bertz CT molecular complexity index is 558. The van der Waals surface area contributed by atoms with E-state index in [4.69, 9.17) is 5.73 Å². The summed E-state index contributed by atoms with van der Waals surface area (Å²) in [5, 5.41) is 0. The van der Waals surface area contributed by atoms with Crippen LogP contribution in [0.5, 0.6) is 0 Å². The molecule has 19 heavy (non-hydrogen) atoms. The van der Waals surface area contributed by atoms with E-state index < -0.39 is 15.8 Å². The largest absolute Gasteiger partial charge is 0.396 e. The summed E-state index contributed by atoms with van der Waals surface area (Å²) < 4.78 is 39.4. The summed E-state index contributed by atoms with van der Waals surface area (Å²) in [7, 11) is -1.65. The molecule has 1 aliphatic carbocycles. The number of hydrogen-bond donors (Lipinski definition) is 2. The highest BCUT2D eigenvalue weighted by Gasteiger charge is 2.25. The average molecular weight is 287 g/mol. The number of nitrogen functional groups attached to an aromatic ring is 1. The Kier molecular flexibility index (Phi) is 4.07. The predicted molar refractivity (Wildman–Crippen MR) is 71.7 cm³/mol. The Morgan fingerprint density at radius 2 is 2.16 bits per heavy atom. The molecule has 0 heterocycles. The second-order valence-corrected chi connectivity index (χ2v) is 6.56. The summed E-state index contributed by atoms with van der Waals surface area (Å²) in [6, 6.07) is 3.98. The van der Waals surface area contributed by atoms with Crippen LogP contribution in [0.3, 0.4) is 0 Å². The Morgan fingerprint density at radius 1 is 1.47 bits per heavy atom. The van der Waals surface area contributed by atoms with Gasteiger partial charge in [0.25, 0.3) is 0 Å². The number of hydrogen-bond acceptors (Lipinski definition) is 4. The summed E-state index contributed by atoms with van der Waals surface area (Å²) >= 11 is 0. The van der Waals surface area contributed by atoms with Gasteiger partial charge in [-0.3, -0.25) is 0 Å². The van der Waals surface area contributed by atoms with Crippen molar-refractivity contribution in [2.24, 2.45) is 0 Å². The van der Waals surface area contributed by atoms with Crippen molar-refractivity contribution < 1.29 is 12.8 Å². The second kappa shape index (κ2) is 5.44. The topological polar surface area (TPSA) is 75.4 Å². The highest BCUT2D eigenvalue weighted by Crippen LogP contribution is 2.24. The molecule has 3 N–H and O–H groups in total. The van der Waals surface area contributed by atoms with Crippen molar-refractivity contribution in [1.82, 2.24) is 9.62 Å². The Labute approximate surface area is 112 Å². The summed E-state index contributed by atoms with van der Waals surface area (Å²) in [5.74, 6) is -0.618. The van der Waals surface area contributed by atoms with Crippen LogP contribution in [0, 0.1) is 5.82 Å². The van der Waals surface area contributed by atoms with Crippen LogP contribution < -0.4 is 10.5 Å². The molecular formula is C12H18FN3O2S. The highest BCUT2D eigenvalue weighted by molar-refractivity contribution is 7.89. The fourth-order valence-electron chi connectivity index (χ4n) is 1.83. The molecule has 1 fully saturated rings. The monoisotopic (exact) mass is 287 g/mol. The predicted octanol–water partition coefficient (Wildman–Crippen LogP) is 0.780. The van der Waals surface area contributed by atoms with Crippen LogP contribution in [-0.4, -0.2) is 39.5 Å². The van der Waals surface area contributed by atoms with E-state index in [1.54, 1.807) is 0 Å². The van der Waals surface area contributed by atoms with Crippen LogP contribution >= 0.6 is 0 Å². The minimum atomic E-state index is -3.62. The summed E-state index contributed by atoms with van der Waals surface area (Å²) in [5.41, 5.74) is 5.20. The minimum absolute atomic E-state index is 0.0134. The lowest BCUT2D eigenvalue weighted by Gasteiger charge is -2.15. The fraction of sp³-hybridized carbons (Fsp3) is 0.500. The van der Waals surface area contributed by atoms with Gasteiger partial charge in [0.1, 0.15) is 5.82 Å². The van der Waals surface area contributed by atoms with Gasteiger partial charge in [0, 0.05) is 19.1 Å². The zero-order valence-electron chi connectivity index (χ0n) is 10.8. The standard InChI is InChI=1S/C12H18FN3O2S/c1-16(9-2-3-9)7-6-15-19(17,18)10-4-5-11(13)12(14)8-10/h4-5,8-9,15H,2-3,6-7,14H2,1H3. The van der Waals surface area contributed by atoms with Gasteiger partial charge in [0.2, 0.25) is 10.0 Å². The van der Waals surface area contributed by atoms with Crippen molar-refractivity contribution in [3.8, 4) is 0 Å². The van der Waals surface area contributed by atoms with E-state index in [1.165, 1.54) is 18.9 Å². The second-order valence-electron chi connectivity index (χ2n) is 4.79. The van der Waals surface area contributed by atoms with Crippen LogP contribution in [0.4, 0.5) is 10.1 Å². The third-order valence-corrected chi connectivity index (χ3v) is 4.66. The Balaban J connectivity index is 1.95. The molecule has 0 radical (unpaired) electrons. The summed E-state index contributed by atoms with van der Waals surface area (Å²) in [4.78, 5) is 2.11. The molecule has 7 heteroatoms.